The van der Waals surface area contributed by atoms with Gasteiger partial charge in [0.05, 0.1) is 0 Å². The summed E-state index contributed by atoms with van der Waals surface area (Å²) in [5, 5.41) is 3.54. The van der Waals surface area contributed by atoms with Gasteiger partial charge in [0.1, 0.15) is 0 Å². The van der Waals surface area contributed by atoms with Crippen LogP contribution in [-0.4, -0.2) is 37.1 Å². The van der Waals surface area contributed by atoms with Gasteiger partial charge in [0.15, 0.2) is 0 Å². The molecule has 0 bridgehead atoms. The maximum absolute atomic E-state index is 3.54. The lowest BCUT2D eigenvalue weighted by molar-refractivity contribution is 0.271. The van der Waals surface area contributed by atoms with E-state index in [1.165, 1.54) is 25.9 Å². The molecule has 1 atom stereocenters. The zero-order valence-electron chi connectivity index (χ0n) is 9.77. The molecule has 0 aromatic rings. The highest BCUT2D eigenvalue weighted by Gasteiger charge is 2.05. The quantitative estimate of drug-likeness (QED) is 0.584. The second-order valence-corrected chi connectivity index (χ2v) is 3.69. The summed E-state index contributed by atoms with van der Waals surface area (Å²) in [6, 6.07) is 0.631. The fourth-order valence-electron chi connectivity index (χ4n) is 1.46. The summed E-state index contributed by atoms with van der Waals surface area (Å²) < 4.78 is 0. The molecular weight excluding hydrogens is 160 g/mol. The van der Waals surface area contributed by atoms with Gasteiger partial charge in [0, 0.05) is 12.6 Å². The average Bonchev–Trinajstić information content (AvgIpc) is 2.14. The molecule has 0 rings (SSSR count). The lowest BCUT2D eigenvalue weighted by atomic mass is 10.2. The predicted octanol–water partition coefficient (Wildman–Crippen LogP) is 2.11. The van der Waals surface area contributed by atoms with Crippen LogP contribution in [0.15, 0.2) is 0 Å². The summed E-state index contributed by atoms with van der Waals surface area (Å²) >= 11 is 0. The third kappa shape index (κ3) is 7.03. The predicted molar refractivity (Wildman–Crippen MR) is 60.2 cm³/mol. The van der Waals surface area contributed by atoms with Gasteiger partial charge in [-0.15, -0.1) is 0 Å². The molecule has 0 saturated heterocycles. The Morgan fingerprint density at radius 2 is 1.77 bits per heavy atom. The number of hydrogen-bond acceptors (Lipinski definition) is 2. The van der Waals surface area contributed by atoms with E-state index >= 15 is 0 Å². The van der Waals surface area contributed by atoms with E-state index in [1.807, 2.05) is 0 Å². The van der Waals surface area contributed by atoms with Crippen LogP contribution in [0.3, 0.4) is 0 Å². The van der Waals surface area contributed by atoms with E-state index in [1.54, 1.807) is 0 Å². The second kappa shape index (κ2) is 8.52. The zero-order valence-corrected chi connectivity index (χ0v) is 9.77. The lowest BCUT2D eigenvalue weighted by Crippen LogP contribution is -2.39. The van der Waals surface area contributed by atoms with Crippen molar-refractivity contribution in [3.05, 3.63) is 0 Å². The maximum Gasteiger partial charge on any atom is 0.0166 e. The molecule has 2 nitrogen and oxygen atoms in total. The van der Waals surface area contributed by atoms with Gasteiger partial charge in [0.25, 0.3) is 0 Å². The highest BCUT2D eigenvalue weighted by atomic mass is 15.1. The van der Waals surface area contributed by atoms with Crippen LogP contribution in [0.4, 0.5) is 0 Å². The Hall–Kier alpha value is -0.0800. The first-order valence-electron chi connectivity index (χ1n) is 5.70. The fraction of sp³-hybridized carbons (Fsp3) is 1.00. The van der Waals surface area contributed by atoms with Gasteiger partial charge in [-0.3, -0.25) is 0 Å². The smallest absolute Gasteiger partial charge is 0.0166 e. The minimum atomic E-state index is 0.631. The number of rotatable bonds is 8. The van der Waals surface area contributed by atoms with Crippen molar-refractivity contribution in [3.8, 4) is 0 Å². The summed E-state index contributed by atoms with van der Waals surface area (Å²) in [4.78, 5) is 2.46. The molecule has 0 amide bonds. The molecule has 0 radical (unpaired) electrons. The Kier molecular flexibility index (Phi) is 8.46. The summed E-state index contributed by atoms with van der Waals surface area (Å²) in [5.74, 6) is 0. The van der Waals surface area contributed by atoms with Crippen LogP contribution in [0, 0.1) is 0 Å². The van der Waals surface area contributed by atoms with Crippen molar-refractivity contribution in [3.63, 3.8) is 0 Å². The van der Waals surface area contributed by atoms with E-state index in [2.05, 4.69) is 37.9 Å². The van der Waals surface area contributed by atoms with Crippen LogP contribution < -0.4 is 5.32 Å². The molecule has 0 saturated carbocycles. The van der Waals surface area contributed by atoms with E-state index in [0.717, 1.165) is 13.1 Å². The van der Waals surface area contributed by atoms with Gasteiger partial charge in [-0.1, -0.05) is 27.2 Å². The SMILES string of the molecule is CCCCNC(C)CN(CC)CC. The number of nitrogens with zero attached hydrogens (tertiary/aromatic N) is 1. The first kappa shape index (κ1) is 12.9. The Morgan fingerprint density at radius 3 is 2.23 bits per heavy atom. The molecule has 0 aromatic heterocycles. The van der Waals surface area contributed by atoms with Crippen molar-refractivity contribution in [2.24, 2.45) is 0 Å². The van der Waals surface area contributed by atoms with E-state index < -0.39 is 0 Å². The lowest BCUT2D eigenvalue weighted by Gasteiger charge is -2.23. The van der Waals surface area contributed by atoms with Crippen LogP contribution in [0.25, 0.3) is 0 Å². The first-order valence-corrected chi connectivity index (χ1v) is 5.70. The molecule has 0 fully saturated rings. The second-order valence-electron chi connectivity index (χ2n) is 3.69. The van der Waals surface area contributed by atoms with Gasteiger partial charge in [-0.25, -0.2) is 0 Å². The van der Waals surface area contributed by atoms with Crippen molar-refractivity contribution in [2.45, 2.75) is 46.6 Å². The van der Waals surface area contributed by atoms with E-state index in [9.17, 15) is 0 Å². The van der Waals surface area contributed by atoms with Crippen LogP contribution in [0.5, 0.6) is 0 Å². The van der Waals surface area contributed by atoms with Crippen LogP contribution in [0.2, 0.25) is 0 Å². The molecule has 80 valence electrons. The van der Waals surface area contributed by atoms with Crippen molar-refractivity contribution >= 4 is 0 Å². The van der Waals surface area contributed by atoms with Crippen molar-refractivity contribution in [1.29, 1.82) is 0 Å². The van der Waals surface area contributed by atoms with Crippen molar-refractivity contribution in [1.82, 2.24) is 10.2 Å². The summed E-state index contributed by atoms with van der Waals surface area (Å²) in [5.41, 5.74) is 0. The van der Waals surface area contributed by atoms with E-state index in [0.29, 0.717) is 6.04 Å². The highest BCUT2D eigenvalue weighted by molar-refractivity contribution is 4.65. The Labute approximate surface area is 83.7 Å². The van der Waals surface area contributed by atoms with Crippen LogP contribution in [-0.2, 0) is 0 Å². The van der Waals surface area contributed by atoms with Gasteiger partial charge in [-0.2, -0.15) is 0 Å². The van der Waals surface area contributed by atoms with E-state index in [-0.39, 0.29) is 0 Å². The Morgan fingerprint density at radius 1 is 1.15 bits per heavy atom. The minimum absolute atomic E-state index is 0.631. The molecule has 0 spiro atoms. The Balaban J connectivity index is 3.42. The molecule has 0 aliphatic heterocycles. The fourth-order valence-corrected chi connectivity index (χ4v) is 1.46. The zero-order chi connectivity index (χ0) is 10.1. The Bertz CT molecular complexity index is 100. The number of hydrogen-bond donors (Lipinski definition) is 1. The highest BCUT2D eigenvalue weighted by Crippen LogP contribution is 1.92. The normalized spacial score (nSPS) is 13.6. The summed E-state index contributed by atoms with van der Waals surface area (Å²) in [6.07, 6.45) is 2.58. The summed E-state index contributed by atoms with van der Waals surface area (Å²) in [6.45, 7) is 13.6. The van der Waals surface area contributed by atoms with Crippen molar-refractivity contribution < 1.29 is 0 Å². The van der Waals surface area contributed by atoms with Gasteiger partial charge >= 0.3 is 0 Å². The largest absolute Gasteiger partial charge is 0.313 e. The molecular formula is C11H26N2. The standard InChI is InChI=1S/C11H26N2/c1-5-8-9-12-11(4)10-13(6-2)7-3/h11-12H,5-10H2,1-4H3. The average molecular weight is 186 g/mol. The monoisotopic (exact) mass is 186 g/mol. The van der Waals surface area contributed by atoms with Gasteiger partial charge in [-0.05, 0) is 33.0 Å². The molecule has 2 heteroatoms. The topological polar surface area (TPSA) is 15.3 Å². The number of likely N-dealkylation sites (N-methyl/N-ethyl adjacent to an activating group) is 1. The van der Waals surface area contributed by atoms with E-state index in [4.69, 9.17) is 0 Å². The number of nitrogens with one attached hydrogen (secondary N) is 1. The molecule has 1 unspecified atom stereocenters. The molecule has 13 heavy (non-hydrogen) atoms. The first-order chi connectivity index (χ1) is 6.24. The molecule has 1 N–H and O–H groups in total. The molecule has 0 aliphatic carbocycles. The third-order valence-electron chi connectivity index (χ3n) is 2.45. The van der Waals surface area contributed by atoms with Gasteiger partial charge in [0.2, 0.25) is 0 Å². The summed E-state index contributed by atoms with van der Waals surface area (Å²) in [7, 11) is 0. The molecule has 0 heterocycles. The van der Waals surface area contributed by atoms with Crippen LogP contribution >= 0.6 is 0 Å². The third-order valence-corrected chi connectivity index (χ3v) is 2.45. The van der Waals surface area contributed by atoms with Gasteiger partial charge < -0.3 is 10.2 Å². The molecule has 0 aliphatic rings. The van der Waals surface area contributed by atoms with Crippen molar-refractivity contribution in [2.75, 3.05) is 26.2 Å². The molecule has 0 aromatic carbocycles. The minimum Gasteiger partial charge on any atom is -0.313 e. The maximum atomic E-state index is 3.54. The number of unbranched alkanes of at least 4 members (excludes halogenated alkanes) is 1. The van der Waals surface area contributed by atoms with Crippen LogP contribution in [0.1, 0.15) is 40.5 Å².